The van der Waals surface area contributed by atoms with Gasteiger partial charge >= 0.3 is 5.97 Å². The number of hydrogen-bond donors (Lipinski definition) is 1. The maximum atomic E-state index is 12.9. The molecule has 130 valence electrons. The van der Waals surface area contributed by atoms with E-state index in [4.69, 9.17) is 5.11 Å². The summed E-state index contributed by atoms with van der Waals surface area (Å²) in [7, 11) is 0. The van der Waals surface area contributed by atoms with Crippen molar-refractivity contribution in [3.8, 4) is 0 Å². The fraction of sp³-hybridized carbons (Fsp3) is 0.350. The molecular weight excluding hydrogens is 316 g/mol. The number of rotatable bonds is 4. The zero-order valence-corrected chi connectivity index (χ0v) is 14.5. The third-order valence-electron chi connectivity index (χ3n) is 4.66. The second kappa shape index (κ2) is 7.05. The molecule has 1 aliphatic rings. The summed E-state index contributed by atoms with van der Waals surface area (Å²) in [5.74, 6) is -0.645. The molecule has 1 N–H and O–H groups in total. The molecule has 2 heterocycles. The second-order valence-electron chi connectivity index (χ2n) is 6.73. The lowest BCUT2D eigenvalue weighted by atomic mass is 9.87. The quantitative estimate of drug-likeness (QED) is 0.920. The summed E-state index contributed by atoms with van der Waals surface area (Å²) in [5.41, 5.74) is 3.24. The number of pyridine rings is 1. The minimum Gasteiger partial charge on any atom is -0.481 e. The van der Waals surface area contributed by atoms with Crippen LogP contribution in [0.5, 0.6) is 0 Å². The molecule has 5 heteroatoms. The van der Waals surface area contributed by atoms with E-state index in [9.17, 15) is 9.59 Å². The van der Waals surface area contributed by atoms with Gasteiger partial charge in [-0.15, -0.1) is 0 Å². The van der Waals surface area contributed by atoms with E-state index in [1.807, 2.05) is 36.4 Å². The predicted octanol–water partition coefficient (Wildman–Crippen LogP) is 3.81. The Kier molecular flexibility index (Phi) is 4.83. The molecule has 0 radical (unpaired) electrons. The summed E-state index contributed by atoms with van der Waals surface area (Å²) in [6.07, 6.45) is 2.36. The largest absolute Gasteiger partial charge is 0.481 e. The lowest BCUT2D eigenvalue weighted by Gasteiger charge is -2.34. The molecule has 0 spiro atoms. The van der Waals surface area contributed by atoms with Gasteiger partial charge in [0.2, 0.25) is 0 Å². The van der Waals surface area contributed by atoms with Gasteiger partial charge in [-0.1, -0.05) is 32.0 Å². The highest BCUT2D eigenvalue weighted by Gasteiger charge is 2.30. The van der Waals surface area contributed by atoms with Crippen molar-refractivity contribution in [3.05, 3.63) is 59.4 Å². The Bertz CT molecular complexity index is 784. The summed E-state index contributed by atoms with van der Waals surface area (Å²) in [6, 6.07) is 11.3. The molecule has 0 bridgehead atoms. The lowest BCUT2D eigenvalue weighted by molar-refractivity contribution is -0.137. The van der Waals surface area contributed by atoms with Crippen LogP contribution in [-0.2, 0) is 4.79 Å². The standard InChI is InChI=1S/C20H22N2O3/c1-13(2)17-8-7-15(12-21-17)20(25)22-10-9-14(11-19(23)24)16-5-3-4-6-18(16)22/h3-8,12-14H,9-11H2,1-2H3,(H,23,24). The Morgan fingerprint density at radius 2 is 2.00 bits per heavy atom. The number of amides is 1. The number of hydrogen-bond acceptors (Lipinski definition) is 3. The number of para-hydroxylation sites is 1. The zero-order valence-electron chi connectivity index (χ0n) is 14.5. The second-order valence-corrected chi connectivity index (χ2v) is 6.73. The molecule has 0 saturated heterocycles. The van der Waals surface area contributed by atoms with E-state index in [-0.39, 0.29) is 18.2 Å². The van der Waals surface area contributed by atoms with Crippen LogP contribution in [0.2, 0.25) is 0 Å². The molecule has 2 aromatic rings. The molecule has 0 saturated carbocycles. The molecule has 3 rings (SSSR count). The van der Waals surface area contributed by atoms with Gasteiger partial charge in [-0.05, 0) is 42.0 Å². The number of nitrogens with zero attached hydrogens (tertiary/aromatic N) is 2. The van der Waals surface area contributed by atoms with Gasteiger partial charge in [0.15, 0.2) is 0 Å². The van der Waals surface area contributed by atoms with Gasteiger partial charge in [-0.25, -0.2) is 0 Å². The first-order valence-corrected chi connectivity index (χ1v) is 8.56. The van der Waals surface area contributed by atoms with Crippen molar-refractivity contribution in [2.75, 3.05) is 11.4 Å². The van der Waals surface area contributed by atoms with Crippen LogP contribution >= 0.6 is 0 Å². The normalized spacial score (nSPS) is 16.6. The number of aliphatic carboxylic acids is 1. The molecule has 0 fully saturated rings. The van der Waals surface area contributed by atoms with E-state index in [1.165, 1.54) is 0 Å². The minimum atomic E-state index is -0.812. The third kappa shape index (κ3) is 3.55. The van der Waals surface area contributed by atoms with Gasteiger partial charge in [0.1, 0.15) is 0 Å². The van der Waals surface area contributed by atoms with Crippen LogP contribution in [0.4, 0.5) is 5.69 Å². The molecule has 1 atom stereocenters. The van der Waals surface area contributed by atoms with Crippen molar-refractivity contribution in [2.24, 2.45) is 0 Å². The fourth-order valence-corrected chi connectivity index (χ4v) is 3.30. The van der Waals surface area contributed by atoms with Crippen molar-refractivity contribution >= 4 is 17.6 Å². The molecule has 1 aliphatic heterocycles. The lowest BCUT2D eigenvalue weighted by Crippen LogP contribution is -2.37. The smallest absolute Gasteiger partial charge is 0.303 e. The first-order chi connectivity index (χ1) is 12.0. The summed E-state index contributed by atoms with van der Waals surface area (Å²) >= 11 is 0. The van der Waals surface area contributed by atoms with Crippen LogP contribution in [0.25, 0.3) is 0 Å². The highest BCUT2D eigenvalue weighted by Crippen LogP contribution is 2.37. The Morgan fingerprint density at radius 3 is 2.64 bits per heavy atom. The first-order valence-electron chi connectivity index (χ1n) is 8.56. The maximum Gasteiger partial charge on any atom is 0.303 e. The van der Waals surface area contributed by atoms with Gasteiger partial charge in [0.25, 0.3) is 5.91 Å². The van der Waals surface area contributed by atoms with E-state index >= 15 is 0 Å². The van der Waals surface area contributed by atoms with Gasteiger partial charge in [-0.3, -0.25) is 14.6 Å². The number of carbonyl (C=O) groups is 2. The third-order valence-corrected chi connectivity index (χ3v) is 4.66. The number of benzene rings is 1. The summed E-state index contributed by atoms with van der Waals surface area (Å²) < 4.78 is 0. The topological polar surface area (TPSA) is 70.5 Å². The fourth-order valence-electron chi connectivity index (χ4n) is 3.30. The van der Waals surface area contributed by atoms with Crippen molar-refractivity contribution in [1.82, 2.24) is 4.98 Å². The minimum absolute atomic E-state index is 0.0563. The highest BCUT2D eigenvalue weighted by atomic mass is 16.4. The van der Waals surface area contributed by atoms with Gasteiger partial charge in [0, 0.05) is 24.1 Å². The van der Waals surface area contributed by atoms with Gasteiger partial charge < -0.3 is 10.0 Å². The number of aromatic nitrogens is 1. The molecule has 5 nitrogen and oxygen atoms in total. The SMILES string of the molecule is CC(C)c1ccc(C(=O)N2CCC(CC(=O)O)c3ccccc32)cn1. The first kappa shape index (κ1) is 17.1. The highest BCUT2D eigenvalue weighted by molar-refractivity contribution is 6.06. The zero-order chi connectivity index (χ0) is 18.0. The van der Waals surface area contributed by atoms with E-state index in [0.717, 1.165) is 16.9 Å². The molecule has 1 unspecified atom stereocenters. The number of carboxylic acid groups (broad SMARTS) is 1. The van der Waals surface area contributed by atoms with Crippen molar-refractivity contribution in [3.63, 3.8) is 0 Å². The number of carboxylic acids is 1. The Balaban J connectivity index is 1.89. The molecular formula is C20H22N2O3. The van der Waals surface area contributed by atoms with Crippen molar-refractivity contribution in [1.29, 1.82) is 0 Å². The molecule has 1 amide bonds. The predicted molar refractivity (Wildman–Crippen MR) is 96.1 cm³/mol. The Morgan fingerprint density at radius 1 is 1.24 bits per heavy atom. The summed E-state index contributed by atoms with van der Waals surface area (Å²) in [6.45, 7) is 4.64. The van der Waals surface area contributed by atoms with Crippen LogP contribution in [0.3, 0.4) is 0 Å². The number of anilines is 1. The van der Waals surface area contributed by atoms with Gasteiger partial charge in [-0.2, -0.15) is 0 Å². The van der Waals surface area contributed by atoms with Crippen molar-refractivity contribution < 1.29 is 14.7 Å². The maximum absolute atomic E-state index is 12.9. The number of carbonyl (C=O) groups excluding carboxylic acids is 1. The van der Waals surface area contributed by atoms with E-state index in [2.05, 4.69) is 18.8 Å². The molecule has 25 heavy (non-hydrogen) atoms. The number of fused-ring (bicyclic) bond motifs is 1. The molecule has 1 aromatic carbocycles. The van der Waals surface area contributed by atoms with Crippen LogP contribution in [0.15, 0.2) is 42.6 Å². The van der Waals surface area contributed by atoms with E-state index in [0.29, 0.717) is 24.4 Å². The Labute approximate surface area is 147 Å². The Hall–Kier alpha value is -2.69. The summed E-state index contributed by atoms with van der Waals surface area (Å²) in [5, 5.41) is 9.13. The van der Waals surface area contributed by atoms with Crippen LogP contribution in [-0.4, -0.2) is 28.5 Å². The van der Waals surface area contributed by atoms with Gasteiger partial charge in [0.05, 0.1) is 12.0 Å². The van der Waals surface area contributed by atoms with Crippen LogP contribution < -0.4 is 4.90 Å². The van der Waals surface area contributed by atoms with Crippen LogP contribution in [0, 0.1) is 0 Å². The average molecular weight is 338 g/mol. The molecule has 1 aromatic heterocycles. The molecule has 0 aliphatic carbocycles. The monoisotopic (exact) mass is 338 g/mol. The summed E-state index contributed by atoms with van der Waals surface area (Å²) in [4.78, 5) is 30.2. The van der Waals surface area contributed by atoms with E-state index < -0.39 is 5.97 Å². The average Bonchev–Trinajstić information content (AvgIpc) is 2.61. The van der Waals surface area contributed by atoms with Crippen LogP contribution in [0.1, 0.15) is 60.1 Å². The van der Waals surface area contributed by atoms with E-state index in [1.54, 1.807) is 11.1 Å². The van der Waals surface area contributed by atoms with Crippen molar-refractivity contribution in [2.45, 2.75) is 38.5 Å².